The molecule has 0 saturated carbocycles. The summed E-state index contributed by atoms with van der Waals surface area (Å²) in [7, 11) is 0. The van der Waals surface area contributed by atoms with Gasteiger partial charge in [0.15, 0.2) is 0 Å². The van der Waals surface area contributed by atoms with Gasteiger partial charge in [0.25, 0.3) is 0 Å². The third-order valence-electron chi connectivity index (χ3n) is 3.84. The lowest BCUT2D eigenvalue weighted by Gasteiger charge is -2.07. The molecule has 26 heavy (non-hydrogen) atoms. The second-order valence-electron chi connectivity index (χ2n) is 6.03. The fourth-order valence-electron chi connectivity index (χ4n) is 2.58. The first-order chi connectivity index (χ1) is 12.7. The Balaban J connectivity index is 1.45. The highest BCUT2D eigenvalue weighted by molar-refractivity contribution is 7.99. The Morgan fingerprint density at radius 2 is 1.58 bits per heavy atom. The summed E-state index contributed by atoms with van der Waals surface area (Å²) in [6.45, 7) is 0. The first-order valence-corrected chi connectivity index (χ1v) is 9.59. The van der Waals surface area contributed by atoms with Crippen molar-refractivity contribution in [1.82, 2.24) is 0 Å². The van der Waals surface area contributed by atoms with E-state index in [1.807, 2.05) is 60.7 Å². The SMILES string of the molecule is O=C(CSCc1cccc(F)c1)Cc1ccc(Nc2ccccc2)cc1. The summed E-state index contributed by atoms with van der Waals surface area (Å²) < 4.78 is 13.1. The second kappa shape index (κ2) is 9.20. The molecule has 0 atom stereocenters. The van der Waals surface area contributed by atoms with Gasteiger partial charge < -0.3 is 5.32 Å². The van der Waals surface area contributed by atoms with Crippen LogP contribution in [0.5, 0.6) is 0 Å². The summed E-state index contributed by atoms with van der Waals surface area (Å²) in [4.78, 5) is 12.1. The van der Waals surface area contributed by atoms with E-state index in [4.69, 9.17) is 0 Å². The van der Waals surface area contributed by atoms with Gasteiger partial charge in [-0.25, -0.2) is 4.39 Å². The van der Waals surface area contributed by atoms with Crippen LogP contribution >= 0.6 is 11.8 Å². The van der Waals surface area contributed by atoms with Crippen molar-refractivity contribution >= 4 is 28.9 Å². The van der Waals surface area contributed by atoms with Gasteiger partial charge in [-0.1, -0.05) is 42.5 Å². The highest BCUT2D eigenvalue weighted by Crippen LogP contribution is 2.18. The molecule has 0 radical (unpaired) electrons. The minimum absolute atomic E-state index is 0.176. The number of rotatable bonds is 8. The number of carbonyl (C=O) groups is 1. The number of para-hydroxylation sites is 1. The van der Waals surface area contributed by atoms with Crippen molar-refractivity contribution in [2.45, 2.75) is 12.2 Å². The molecule has 0 fully saturated rings. The molecule has 0 heterocycles. The standard InChI is InChI=1S/C22H20FNOS/c23-19-6-4-5-18(13-19)15-26-16-22(25)14-17-9-11-21(12-10-17)24-20-7-2-1-3-8-20/h1-13,24H,14-16H2. The van der Waals surface area contributed by atoms with E-state index in [0.717, 1.165) is 22.5 Å². The van der Waals surface area contributed by atoms with E-state index in [-0.39, 0.29) is 11.6 Å². The van der Waals surface area contributed by atoms with Crippen molar-refractivity contribution in [2.75, 3.05) is 11.1 Å². The number of benzene rings is 3. The van der Waals surface area contributed by atoms with Gasteiger partial charge in [-0.05, 0) is 47.5 Å². The van der Waals surface area contributed by atoms with E-state index in [2.05, 4.69) is 5.32 Å². The zero-order valence-electron chi connectivity index (χ0n) is 14.3. The van der Waals surface area contributed by atoms with Crippen LogP contribution in [0.15, 0.2) is 78.9 Å². The van der Waals surface area contributed by atoms with Gasteiger partial charge in [-0.3, -0.25) is 4.79 Å². The Kier molecular flexibility index (Phi) is 6.45. The minimum atomic E-state index is -0.237. The summed E-state index contributed by atoms with van der Waals surface area (Å²) in [5, 5.41) is 3.32. The van der Waals surface area contributed by atoms with Crippen molar-refractivity contribution in [3.8, 4) is 0 Å². The smallest absolute Gasteiger partial charge is 0.147 e. The maximum absolute atomic E-state index is 13.1. The van der Waals surface area contributed by atoms with Crippen LogP contribution in [-0.4, -0.2) is 11.5 Å². The zero-order valence-corrected chi connectivity index (χ0v) is 15.1. The number of Topliss-reactive ketones (excluding diaryl/α,β-unsaturated/α-hetero) is 1. The van der Waals surface area contributed by atoms with E-state index in [1.54, 1.807) is 6.07 Å². The van der Waals surface area contributed by atoms with Crippen LogP contribution < -0.4 is 5.32 Å². The number of hydrogen-bond acceptors (Lipinski definition) is 3. The maximum atomic E-state index is 13.1. The van der Waals surface area contributed by atoms with Crippen molar-refractivity contribution in [2.24, 2.45) is 0 Å². The predicted molar refractivity (Wildman–Crippen MR) is 107 cm³/mol. The average molecular weight is 365 g/mol. The van der Waals surface area contributed by atoms with Gasteiger partial charge in [0, 0.05) is 23.5 Å². The van der Waals surface area contributed by atoms with E-state index < -0.39 is 0 Å². The summed E-state index contributed by atoms with van der Waals surface area (Å²) in [5.41, 5.74) is 3.93. The van der Waals surface area contributed by atoms with Crippen LogP contribution in [0.25, 0.3) is 0 Å². The molecular formula is C22H20FNOS. The van der Waals surface area contributed by atoms with E-state index in [0.29, 0.717) is 17.9 Å². The van der Waals surface area contributed by atoms with Crippen molar-refractivity contribution < 1.29 is 9.18 Å². The van der Waals surface area contributed by atoms with Crippen molar-refractivity contribution in [3.05, 3.63) is 95.8 Å². The van der Waals surface area contributed by atoms with E-state index in [1.165, 1.54) is 23.9 Å². The quantitative estimate of drug-likeness (QED) is 0.562. The highest BCUT2D eigenvalue weighted by Gasteiger charge is 2.05. The summed E-state index contributed by atoms with van der Waals surface area (Å²) in [6, 6.07) is 24.4. The van der Waals surface area contributed by atoms with Crippen LogP contribution in [0.1, 0.15) is 11.1 Å². The lowest BCUT2D eigenvalue weighted by atomic mass is 10.1. The lowest BCUT2D eigenvalue weighted by Crippen LogP contribution is -2.06. The molecule has 0 aromatic heterocycles. The Hall–Kier alpha value is -2.59. The Morgan fingerprint density at radius 3 is 2.31 bits per heavy atom. The molecule has 1 N–H and O–H groups in total. The molecule has 3 aromatic carbocycles. The third-order valence-corrected chi connectivity index (χ3v) is 4.90. The van der Waals surface area contributed by atoms with E-state index in [9.17, 15) is 9.18 Å². The molecule has 0 aliphatic heterocycles. The van der Waals surface area contributed by atoms with Gasteiger partial charge in [-0.2, -0.15) is 0 Å². The molecule has 0 saturated heterocycles. The van der Waals surface area contributed by atoms with Gasteiger partial charge in [-0.15, -0.1) is 11.8 Å². The molecule has 0 amide bonds. The monoisotopic (exact) mass is 365 g/mol. The Labute approximate surface area is 157 Å². The minimum Gasteiger partial charge on any atom is -0.356 e. The van der Waals surface area contributed by atoms with Crippen LogP contribution in [0.2, 0.25) is 0 Å². The number of thioether (sulfide) groups is 1. The molecule has 0 aliphatic rings. The molecular weight excluding hydrogens is 345 g/mol. The molecule has 2 nitrogen and oxygen atoms in total. The predicted octanol–water partition coefficient (Wildman–Crippen LogP) is 5.61. The number of hydrogen-bond donors (Lipinski definition) is 1. The van der Waals surface area contributed by atoms with Gasteiger partial charge >= 0.3 is 0 Å². The molecule has 0 unspecified atom stereocenters. The first kappa shape index (κ1) is 18.2. The molecule has 3 rings (SSSR count). The van der Waals surface area contributed by atoms with Crippen LogP contribution in [-0.2, 0) is 17.0 Å². The van der Waals surface area contributed by atoms with Crippen LogP contribution in [0, 0.1) is 5.82 Å². The topological polar surface area (TPSA) is 29.1 Å². The third kappa shape index (κ3) is 5.74. The normalized spacial score (nSPS) is 10.5. The maximum Gasteiger partial charge on any atom is 0.147 e. The summed E-state index contributed by atoms with van der Waals surface area (Å²) >= 11 is 1.52. The molecule has 0 bridgehead atoms. The fraction of sp³-hybridized carbons (Fsp3) is 0.136. The molecule has 3 aromatic rings. The largest absolute Gasteiger partial charge is 0.356 e. The van der Waals surface area contributed by atoms with Gasteiger partial charge in [0.05, 0.1) is 5.75 Å². The number of nitrogens with one attached hydrogen (secondary N) is 1. The first-order valence-electron chi connectivity index (χ1n) is 8.44. The lowest BCUT2D eigenvalue weighted by molar-refractivity contribution is -0.116. The van der Waals surface area contributed by atoms with Crippen molar-refractivity contribution in [3.63, 3.8) is 0 Å². The molecule has 132 valence electrons. The van der Waals surface area contributed by atoms with Gasteiger partial charge in [0.1, 0.15) is 11.6 Å². The fourth-order valence-corrected chi connectivity index (χ4v) is 3.43. The van der Waals surface area contributed by atoms with Gasteiger partial charge in [0.2, 0.25) is 0 Å². The zero-order chi connectivity index (χ0) is 18.2. The summed E-state index contributed by atoms with van der Waals surface area (Å²) in [5.74, 6) is 1.01. The summed E-state index contributed by atoms with van der Waals surface area (Å²) in [6.07, 6.45) is 0.418. The highest BCUT2D eigenvalue weighted by atomic mass is 32.2. The molecule has 0 spiro atoms. The molecule has 4 heteroatoms. The Morgan fingerprint density at radius 1 is 0.846 bits per heavy atom. The molecule has 0 aliphatic carbocycles. The second-order valence-corrected chi connectivity index (χ2v) is 7.01. The number of ketones is 1. The number of carbonyl (C=O) groups excluding carboxylic acids is 1. The van der Waals surface area contributed by atoms with Crippen LogP contribution in [0.4, 0.5) is 15.8 Å². The van der Waals surface area contributed by atoms with Crippen molar-refractivity contribution in [1.29, 1.82) is 0 Å². The van der Waals surface area contributed by atoms with E-state index >= 15 is 0 Å². The van der Waals surface area contributed by atoms with Crippen LogP contribution in [0.3, 0.4) is 0 Å². The average Bonchev–Trinajstić information content (AvgIpc) is 2.64. The number of anilines is 2. The number of halogens is 1. The Bertz CT molecular complexity index is 850.